The van der Waals surface area contributed by atoms with Crippen LogP contribution < -0.4 is 5.32 Å². The first-order valence-electron chi connectivity index (χ1n) is 7.14. The van der Waals surface area contributed by atoms with Gasteiger partial charge in [-0.05, 0) is 38.6 Å². The molecule has 0 amide bonds. The van der Waals surface area contributed by atoms with Crippen LogP contribution in [0.25, 0.3) is 11.5 Å². The summed E-state index contributed by atoms with van der Waals surface area (Å²) in [5.41, 5.74) is 2.18. The summed E-state index contributed by atoms with van der Waals surface area (Å²) in [6.07, 6.45) is 1.17. The largest absolute Gasteiger partial charge is 0.419 e. The van der Waals surface area contributed by atoms with E-state index in [0.717, 1.165) is 38.3 Å². The Morgan fingerprint density at radius 1 is 1.25 bits per heavy atom. The summed E-state index contributed by atoms with van der Waals surface area (Å²) in [7, 11) is 0. The SMILES string of the molecule is Cc1cccc(-c2nnc(CN3CCCNCC3)o2)c1. The molecule has 2 aromatic rings. The van der Waals surface area contributed by atoms with Crippen molar-refractivity contribution in [3.05, 3.63) is 35.7 Å². The fourth-order valence-electron chi connectivity index (χ4n) is 2.46. The highest BCUT2D eigenvalue weighted by atomic mass is 16.4. The molecule has 5 nitrogen and oxygen atoms in total. The fourth-order valence-corrected chi connectivity index (χ4v) is 2.46. The monoisotopic (exact) mass is 272 g/mol. The molecule has 1 aliphatic rings. The predicted molar refractivity (Wildman–Crippen MR) is 77.2 cm³/mol. The lowest BCUT2D eigenvalue weighted by Crippen LogP contribution is -2.27. The third kappa shape index (κ3) is 3.23. The van der Waals surface area contributed by atoms with E-state index in [1.165, 1.54) is 12.0 Å². The normalized spacial score (nSPS) is 17.1. The summed E-state index contributed by atoms with van der Waals surface area (Å²) >= 11 is 0. The van der Waals surface area contributed by atoms with Crippen LogP contribution in [0.3, 0.4) is 0 Å². The van der Waals surface area contributed by atoms with Gasteiger partial charge in [0, 0.05) is 18.7 Å². The first kappa shape index (κ1) is 13.3. The molecule has 5 heteroatoms. The van der Waals surface area contributed by atoms with Crippen LogP contribution in [0.4, 0.5) is 0 Å². The fraction of sp³-hybridized carbons (Fsp3) is 0.467. The number of hydrogen-bond acceptors (Lipinski definition) is 5. The molecule has 1 aromatic carbocycles. The van der Waals surface area contributed by atoms with E-state index in [1.54, 1.807) is 0 Å². The number of aryl methyl sites for hydroxylation is 1. The maximum absolute atomic E-state index is 5.78. The van der Waals surface area contributed by atoms with Gasteiger partial charge < -0.3 is 9.73 Å². The zero-order valence-electron chi connectivity index (χ0n) is 11.8. The van der Waals surface area contributed by atoms with Crippen molar-refractivity contribution in [2.45, 2.75) is 19.9 Å². The van der Waals surface area contributed by atoms with E-state index in [0.29, 0.717) is 11.8 Å². The van der Waals surface area contributed by atoms with Gasteiger partial charge in [-0.25, -0.2) is 0 Å². The van der Waals surface area contributed by atoms with Gasteiger partial charge in [-0.2, -0.15) is 0 Å². The summed E-state index contributed by atoms with van der Waals surface area (Å²) in [5, 5.41) is 11.7. The lowest BCUT2D eigenvalue weighted by molar-refractivity contribution is 0.255. The molecular formula is C15H20N4O. The second kappa shape index (κ2) is 6.15. The van der Waals surface area contributed by atoms with Crippen LogP contribution >= 0.6 is 0 Å². The van der Waals surface area contributed by atoms with Gasteiger partial charge in [0.2, 0.25) is 11.8 Å². The topological polar surface area (TPSA) is 54.2 Å². The smallest absolute Gasteiger partial charge is 0.247 e. The Labute approximate surface area is 119 Å². The van der Waals surface area contributed by atoms with Crippen molar-refractivity contribution in [2.75, 3.05) is 26.2 Å². The summed E-state index contributed by atoms with van der Waals surface area (Å²) in [4.78, 5) is 2.35. The van der Waals surface area contributed by atoms with Crippen LogP contribution in [-0.4, -0.2) is 41.3 Å². The molecule has 1 aliphatic heterocycles. The maximum atomic E-state index is 5.78. The van der Waals surface area contributed by atoms with Gasteiger partial charge in [0.25, 0.3) is 0 Å². The molecule has 20 heavy (non-hydrogen) atoms. The molecule has 0 aliphatic carbocycles. The molecule has 1 N–H and O–H groups in total. The number of nitrogens with zero attached hydrogens (tertiary/aromatic N) is 3. The van der Waals surface area contributed by atoms with E-state index in [4.69, 9.17) is 4.42 Å². The van der Waals surface area contributed by atoms with Crippen molar-refractivity contribution in [1.82, 2.24) is 20.4 Å². The predicted octanol–water partition coefficient (Wildman–Crippen LogP) is 1.84. The maximum Gasteiger partial charge on any atom is 0.247 e. The number of aromatic nitrogens is 2. The first-order chi connectivity index (χ1) is 9.81. The first-order valence-corrected chi connectivity index (χ1v) is 7.14. The van der Waals surface area contributed by atoms with Crippen LogP contribution in [0.5, 0.6) is 0 Å². The molecule has 0 radical (unpaired) electrons. The van der Waals surface area contributed by atoms with Crippen LogP contribution in [-0.2, 0) is 6.54 Å². The minimum atomic E-state index is 0.608. The van der Waals surface area contributed by atoms with Crippen molar-refractivity contribution in [3.63, 3.8) is 0 Å². The van der Waals surface area contributed by atoms with Crippen molar-refractivity contribution >= 4 is 0 Å². The Kier molecular flexibility index (Phi) is 4.08. The number of rotatable bonds is 3. The molecule has 2 heterocycles. The van der Waals surface area contributed by atoms with Crippen molar-refractivity contribution in [1.29, 1.82) is 0 Å². The van der Waals surface area contributed by atoms with Crippen molar-refractivity contribution in [2.24, 2.45) is 0 Å². The number of hydrogen-bond donors (Lipinski definition) is 1. The number of nitrogens with one attached hydrogen (secondary N) is 1. The minimum absolute atomic E-state index is 0.608. The zero-order valence-corrected chi connectivity index (χ0v) is 11.8. The number of benzene rings is 1. The van der Waals surface area contributed by atoms with Crippen LogP contribution in [0.2, 0.25) is 0 Å². The molecule has 0 atom stereocenters. The van der Waals surface area contributed by atoms with E-state index in [9.17, 15) is 0 Å². The van der Waals surface area contributed by atoms with Crippen molar-refractivity contribution < 1.29 is 4.42 Å². The molecule has 0 spiro atoms. The van der Waals surface area contributed by atoms with Gasteiger partial charge in [0.05, 0.1) is 6.54 Å². The van der Waals surface area contributed by atoms with Gasteiger partial charge in [0.1, 0.15) is 0 Å². The zero-order chi connectivity index (χ0) is 13.8. The summed E-state index contributed by atoms with van der Waals surface area (Å²) < 4.78 is 5.78. The quantitative estimate of drug-likeness (QED) is 0.924. The van der Waals surface area contributed by atoms with Crippen molar-refractivity contribution in [3.8, 4) is 11.5 Å². The molecular weight excluding hydrogens is 252 g/mol. The third-order valence-electron chi connectivity index (χ3n) is 3.52. The molecule has 1 aromatic heterocycles. The molecule has 0 saturated carbocycles. The van der Waals surface area contributed by atoms with Gasteiger partial charge in [-0.3, -0.25) is 4.90 Å². The van der Waals surface area contributed by atoms with E-state index in [-0.39, 0.29) is 0 Å². The Morgan fingerprint density at radius 3 is 3.10 bits per heavy atom. The summed E-state index contributed by atoms with van der Waals surface area (Å²) in [5.74, 6) is 1.31. The Hall–Kier alpha value is -1.72. The Balaban J connectivity index is 1.70. The van der Waals surface area contributed by atoms with Crippen LogP contribution in [0, 0.1) is 6.92 Å². The third-order valence-corrected chi connectivity index (χ3v) is 3.52. The molecule has 0 unspecified atom stereocenters. The van der Waals surface area contributed by atoms with E-state index in [2.05, 4.69) is 39.5 Å². The molecule has 1 fully saturated rings. The van der Waals surface area contributed by atoms with E-state index >= 15 is 0 Å². The minimum Gasteiger partial charge on any atom is -0.419 e. The van der Waals surface area contributed by atoms with E-state index in [1.807, 2.05) is 12.1 Å². The Bertz CT molecular complexity index is 559. The summed E-state index contributed by atoms with van der Waals surface area (Å²) in [6, 6.07) is 8.13. The van der Waals surface area contributed by atoms with Crippen LogP contribution in [0.15, 0.2) is 28.7 Å². The molecule has 0 bridgehead atoms. The molecule has 1 saturated heterocycles. The highest BCUT2D eigenvalue weighted by Crippen LogP contribution is 2.19. The average molecular weight is 272 g/mol. The molecule has 106 valence electrons. The highest BCUT2D eigenvalue weighted by molar-refractivity contribution is 5.53. The lowest BCUT2D eigenvalue weighted by atomic mass is 10.1. The van der Waals surface area contributed by atoms with Gasteiger partial charge in [0.15, 0.2) is 0 Å². The van der Waals surface area contributed by atoms with Crippen LogP contribution in [0.1, 0.15) is 17.9 Å². The second-order valence-electron chi connectivity index (χ2n) is 5.25. The summed E-state index contributed by atoms with van der Waals surface area (Å²) in [6.45, 7) is 7.02. The Morgan fingerprint density at radius 2 is 2.20 bits per heavy atom. The molecule has 3 rings (SSSR count). The second-order valence-corrected chi connectivity index (χ2v) is 5.25. The lowest BCUT2D eigenvalue weighted by Gasteiger charge is -2.16. The highest BCUT2D eigenvalue weighted by Gasteiger charge is 2.14. The van der Waals surface area contributed by atoms with Gasteiger partial charge >= 0.3 is 0 Å². The van der Waals surface area contributed by atoms with E-state index < -0.39 is 0 Å². The average Bonchev–Trinajstić information content (AvgIpc) is 2.75. The van der Waals surface area contributed by atoms with Gasteiger partial charge in [-0.15, -0.1) is 10.2 Å². The van der Waals surface area contributed by atoms with Gasteiger partial charge in [-0.1, -0.05) is 17.7 Å². The standard InChI is InChI=1S/C15H20N4O/c1-12-4-2-5-13(10-12)15-18-17-14(20-15)11-19-8-3-6-16-7-9-19/h2,4-5,10,16H,3,6-9,11H2,1H3.